The number of hydrogen-bond acceptors (Lipinski definition) is 14. The average Bonchev–Trinajstić information content (AvgIpc) is 1.50. The Kier molecular flexibility index (Phi) is 31.2. The molecule has 0 spiro atoms. The Labute approximate surface area is 845 Å². The first kappa shape index (κ1) is 102. The molecule has 5 N–H and O–H groups in total. The normalized spacial score (nSPS) is 18.0. The molecular weight excluding hydrogens is 1800 g/mol. The van der Waals surface area contributed by atoms with Crippen LogP contribution in [0.2, 0.25) is 0 Å². The van der Waals surface area contributed by atoms with Gasteiger partial charge in [-0.15, -0.1) is 0 Å². The second-order valence-corrected chi connectivity index (χ2v) is 38.2. The van der Waals surface area contributed by atoms with Gasteiger partial charge in [0.1, 0.15) is 66.3 Å². The number of carbonyl (C=O) groups excluding carboxylic acids is 3. The molecular formula is C125H120N2O14Ti. The van der Waals surface area contributed by atoms with Crippen LogP contribution in [0.1, 0.15) is 116 Å². The third-order valence-corrected chi connectivity index (χ3v) is 28.1. The third-order valence-electron chi connectivity index (χ3n) is 28.1. The molecule has 142 heavy (non-hydrogen) atoms. The molecule has 18 aromatic rings. The summed E-state index contributed by atoms with van der Waals surface area (Å²) in [7, 11) is 0. The van der Waals surface area contributed by atoms with Gasteiger partial charge in [-0.05, 0) is 251 Å². The van der Waals surface area contributed by atoms with E-state index in [2.05, 4.69) is 48.5 Å². The first-order valence-corrected chi connectivity index (χ1v) is 48.0. The van der Waals surface area contributed by atoms with Gasteiger partial charge in [-0.2, -0.15) is 0 Å². The van der Waals surface area contributed by atoms with E-state index in [9.17, 15) is 39.9 Å². The molecule has 0 unspecified atom stereocenters. The molecule has 18 aromatic carbocycles. The average molecular weight is 1920 g/mol. The molecule has 718 valence electrons. The molecule has 17 heteroatoms. The van der Waals surface area contributed by atoms with Gasteiger partial charge < -0.3 is 83.4 Å². The second kappa shape index (κ2) is 43.6. The zero-order valence-corrected chi connectivity index (χ0v) is 82.7. The van der Waals surface area contributed by atoms with Crippen molar-refractivity contribution >= 4 is 105 Å². The van der Waals surface area contributed by atoms with Gasteiger partial charge in [-0.25, -0.2) is 9.59 Å². The summed E-state index contributed by atoms with van der Waals surface area (Å²) in [5, 5.41) is 80.7. The minimum Gasteiger partial charge on any atom is -0.445 e. The Balaban J connectivity index is 0.000000149. The Morgan fingerprint density at radius 2 is 0.528 bits per heavy atom. The number of nitrogens with zero attached hydrogens (tertiary/aromatic N) is 2. The molecule has 0 aliphatic carbocycles. The van der Waals surface area contributed by atoms with Crippen molar-refractivity contribution in [1.29, 1.82) is 0 Å². The summed E-state index contributed by atoms with van der Waals surface area (Å²) in [6, 6.07) is 132. The number of fused-ring (bicyclic) bond motifs is 8. The van der Waals surface area contributed by atoms with Crippen LogP contribution in [0, 0.1) is 26.7 Å². The van der Waals surface area contributed by atoms with E-state index < -0.39 is 58.4 Å². The molecule has 4 saturated heterocycles. The summed E-state index contributed by atoms with van der Waals surface area (Å²) in [6.07, 6.45) is -0.654. The SMILES string of the molecule is CC1(C)O[C@@H](C(O)(c2ccc3ccccc3c2)c2ccc3ccccc3c2)[C@H](C(O)(c2ccc3ccccc3c2)c2ccc3ccccc3c2)O1.CC1(C)O[C@@H](C(O)(c2ccc3ccccc3c2)c2ccc3ccccc3c2)[C@H](C(O)(c2ccc3ccccc3c2)c2ccc3ccccc3c2)O1.C[C@H](O)[C@@H]1CCCN(C(=O)OCc2ccccc2)C1.O=C[C@@H]1CCCN(C(=O)OCc2ccccc2)C1.[CH3-].[CH3-].[Ti+2]. The van der Waals surface area contributed by atoms with Crippen LogP contribution in [0.5, 0.6) is 0 Å². The third kappa shape index (κ3) is 21.2. The van der Waals surface area contributed by atoms with Gasteiger partial charge in [-0.3, -0.25) is 0 Å². The monoisotopic (exact) mass is 1920 g/mol. The summed E-state index contributed by atoms with van der Waals surface area (Å²) in [4.78, 5) is 37.8. The molecule has 4 aliphatic heterocycles. The number of hydrogen-bond donors (Lipinski definition) is 5. The van der Waals surface area contributed by atoms with Crippen LogP contribution in [0.25, 0.3) is 86.2 Å². The van der Waals surface area contributed by atoms with Gasteiger partial charge in [0.15, 0.2) is 11.6 Å². The van der Waals surface area contributed by atoms with E-state index in [0.29, 0.717) is 70.7 Å². The quantitative estimate of drug-likeness (QED) is 0.0307. The number of aliphatic hydroxyl groups excluding tert-OH is 1. The zero-order valence-electron chi connectivity index (χ0n) is 81.1. The van der Waals surface area contributed by atoms with Crippen LogP contribution >= 0.6 is 0 Å². The Morgan fingerprint density at radius 3 is 0.746 bits per heavy atom. The van der Waals surface area contributed by atoms with Crippen LogP contribution in [-0.4, -0.2) is 122 Å². The van der Waals surface area contributed by atoms with Crippen molar-refractivity contribution in [2.75, 3.05) is 26.2 Å². The van der Waals surface area contributed by atoms with Crippen LogP contribution < -0.4 is 0 Å². The number of rotatable bonds is 18. The number of likely N-dealkylation sites (tertiary alicyclic amines) is 2. The first-order valence-electron chi connectivity index (χ1n) is 48.0. The molecule has 0 aromatic heterocycles. The largest absolute Gasteiger partial charge is 2.00 e. The van der Waals surface area contributed by atoms with Crippen molar-refractivity contribution < 1.29 is 90.1 Å². The van der Waals surface area contributed by atoms with Gasteiger partial charge in [0.05, 0.1) is 6.10 Å². The topological polar surface area (TPSA) is 214 Å². The van der Waals surface area contributed by atoms with E-state index in [1.54, 1.807) is 16.7 Å². The molecule has 16 nitrogen and oxygen atoms in total. The van der Waals surface area contributed by atoms with E-state index in [4.69, 9.17) is 28.4 Å². The molecule has 4 fully saturated rings. The fourth-order valence-corrected chi connectivity index (χ4v) is 20.6. The molecule has 0 bridgehead atoms. The van der Waals surface area contributed by atoms with E-state index >= 15 is 0 Å². The predicted octanol–water partition coefficient (Wildman–Crippen LogP) is 25.5. The van der Waals surface area contributed by atoms with Crippen molar-refractivity contribution in [3.63, 3.8) is 0 Å². The van der Waals surface area contributed by atoms with E-state index in [-0.39, 0.29) is 73.3 Å². The number of amides is 2. The molecule has 4 aliphatic rings. The van der Waals surface area contributed by atoms with E-state index in [1.165, 1.54) is 0 Å². The predicted molar refractivity (Wildman–Crippen MR) is 564 cm³/mol. The number of benzene rings is 18. The van der Waals surface area contributed by atoms with Gasteiger partial charge in [0, 0.05) is 38.0 Å². The van der Waals surface area contributed by atoms with Crippen molar-refractivity contribution in [3.8, 4) is 0 Å². The molecule has 0 radical (unpaired) electrons. The maximum atomic E-state index is 13.7. The standard InChI is InChI=1S/2C47H38O4.C15H21NO3.C14H17NO3.2CH3.Ti/c2*1-45(2)50-43(46(48,39-23-19-31-11-3-7-15-35(31)27-39)40-24-20-32-12-4-8-16-36(32)28-40)44(51-45)47(49,41-25-21-33-13-5-9-17-37(33)29-41)42-26-22-34-14-6-10-18-38(34)30-42;1-12(17)14-8-5-9-16(10-14)15(18)19-11-13-6-3-2-4-7-13;16-10-13-7-4-8-15(9-13)14(17)18-11-12-5-2-1-3-6-12;;;/h2*3-30,43-44,48-49H,1-2H3;2-4,6-7,12,14,17H,5,8-11H2,1H3;1-3,5-6,10,13H,4,7-9,11H2;2*1H3;/q;;;;2*-1;+2/t2*43-,44-;12-,14+;13-;;;/m1101.../s1. The Bertz CT molecular complexity index is 6440. The van der Waals surface area contributed by atoms with Crippen molar-refractivity contribution in [2.45, 2.75) is 138 Å². The van der Waals surface area contributed by atoms with Crippen LogP contribution in [0.3, 0.4) is 0 Å². The Hall–Kier alpha value is -13.4. The van der Waals surface area contributed by atoms with Crippen LogP contribution in [-0.2, 0) is 90.6 Å². The Morgan fingerprint density at radius 1 is 0.324 bits per heavy atom. The second-order valence-electron chi connectivity index (χ2n) is 38.2. The van der Waals surface area contributed by atoms with Gasteiger partial charge >= 0.3 is 33.9 Å². The maximum absolute atomic E-state index is 13.7. The van der Waals surface area contributed by atoms with Crippen molar-refractivity contribution in [1.82, 2.24) is 9.80 Å². The first-order chi connectivity index (χ1) is 67.4. The molecule has 7 atom stereocenters. The molecule has 4 heterocycles. The smallest absolute Gasteiger partial charge is 0.445 e. The number of carbonyl (C=O) groups is 3. The summed E-state index contributed by atoms with van der Waals surface area (Å²) >= 11 is 0. The number of ether oxygens (including phenoxy) is 6. The minimum atomic E-state index is -1.76. The number of aldehydes is 1. The van der Waals surface area contributed by atoms with Gasteiger partial charge in [0.2, 0.25) is 0 Å². The van der Waals surface area contributed by atoms with Gasteiger partial charge in [0.25, 0.3) is 0 Å². The van der Waals surface area contributed by atoms with Crippen LogP contribution in [0.4, 0.5) is 9.59 Å². The fourth-order valence-electron chi connectivity index (χ4n) is 20.6. The summed E-state index contributed by atoms with van der Waals surface area (Å²) in [6.45, 7) is 12.2. The zero-order chi connectivity index (χ0) is 96.1. The number of piperidine rings is 2. The molecule has 0 saturated carbocycles. The number of aliphatic hydroxyl groups is 5. The fraction of sp³-hybridized carbons (Fsp3) is 0.224. The maximum Gasteiger partial charge on any atom is 2.00 e. The molecule has 22 rings (SSSR count). The summed E-state index contributed by atoms with van der Waals surface area (Å²) < 4.78 is 38.1. The van der Waals surface area contributed by atoms with Crippen molar-refractivity contribution in [2.24, 2.45) is 11.8 Å². The van der Waals surface area contributed by atoms with Gasteiger partial charge in [-0.1, -0.05) is 352 Å². The minimum absolute atomic E-state index is 0. The summed E-state index contributed by atoms with van der Waals surface area (Å²) in [5.41, 5.74) is 0.0944. The molecule has 2 amide bonds. The van der Waals surface area contributed by atoms with E-state index in [1.807, 2.05) is 380 Å². The van der Waals surface area contributed by atoms with Crippen molar-refractivity contribution in [3.05, 3.63) is 471 Å². The summed E-state index contributed by atoms with van der Waals surface area (Å²) in [5.74, 6) is -2.18. The van der Waals surface area contributed by atoms with E-state index in [0.717, 1.165) is 136 Å². The van der Waals surface area contributed by atoms with Crippen LogP contribution in [0.15, 0.2) is 400 Å².